The van der Waals surface area contributed by atoms with Gasteiger partial charge >= 0.3 is 0 Å². The maximum atomic E-state index is 14.1. The average Bonchev–Trinajstić information content (AvgIpc) is 2.81. The number of nitrogen functional groups attached to an aromatic ring is 1. The van der Waals surface area contributed by atoms with Gasteiger partial charge in [-0.15, -0.1) is 11.3 Å². The van der Waals surface area contributed by atoms with Crippen LogP contribution >= 0.6 is 11.3 Å². The molecule has 0 fully saturated rings. The Kier molecular flexibility index (Phi) is 4.49. The van der Waals surface area contributed by atoms with Crippen molar-refractivity contribution < 1.29 is 4.39 Å². The first-order valence-electron chi connectivity index (χ1n) is 6.57. The highest BCUT2D eigenvalue weighted by atomic mass is 32.1. The molecule has 0 saturated heterocycles. The molecule has 0 aliphatic rings. The fraction of sp³-hybridized carbons (Fsp3) is 0.333. The van der Waals surface area contributed by atoms with Gasteiger partial charge in [-0.1, -0.05) is 0 Å². The van der Waals surface area contributed by atoms with Crippen molar-refractivity contribution in [2.24, 2.45) is 0 Å². The molecule has 2 aromatic rings. The molecule has 2 rings (SSSR count). The number of nitrogens with one attached hydrogen (secondary N) is 1. The molecule has 0 atom stereocenters. The Morgan fingerprint density at radius 2 is 2.10 bits per heavy atom. The Morgan fingerprint density at radius 1 is 1.35 bits per heavy atom. The smallest absolute Gasteiger partial charge is 0.148 e. The summed E-state index contributed by atoms with van der Waals surface area (Å²) in [6.07, 6.45) is 0. The van der Waals surface area contributed by atoms with Crippen LogP contribution in [0.3, 0.4) is 0 Å². The molecule has 0 bridgehead atoms. The Hall–Kier alpha value is -1.75. The van der Waals surface area contributed by atoms with E-state index in [1.807, 2.05) is 43.3 Å². The lowest BCUT2D eigenvalue weighted by Crippen LogP contribution is -2.26. The van der Waals surface area contributed by atoms with Crippen LogP contribution in [0.2, 0.25) is 0 Å². The molecular weight excluding hydrogens is 273 g/mol. The Labute approximate surface area is 123 Å². The summed E-state index contributed by atoms with van der Waals surface area (Å²) in [6.45, 7) is 4.68. The minimum absolute atomic E-state index is 0.217. The van der Waals surface area contributed by atoms with Crippen LogP contribution < -0.4 is 16.0 Å². The Bertz CT molecular complexity index is 580. The largest absolute Gasteiger partial charge is 0.398 e. The van der Waals surface area contributed by atoms with Crippen molar-refractivity contribution in [2.45, 2.75) is 26.4 Å². The molecule has 5 heteroatoms. The number of hydrogen-bond donors (Lipinski definition) is 2. The highest BCUT2D eigenvalue weighted by molar-refractivity contribution is 7.10. The van der Waals surface area contributed by atoms with Crippen molar-refractivity contribution in [1.29, 1.82) is 0 Å². The molecule has 1 heterocycles. The van der Waals surface area contributed by atoms with E-state index in [0.717, 1.165) is 16.3 Å². The van der Waals surface area contributed by atoms with Crippen molar-refractivity contribution in [3.05, 3.63) is 40.3 Å². The van der Waals surface area contributed by atoms with Gasteiger partial charge in [0.1, 0.15) is 5.82 Å². The molecule has 0 radical (unpaired) electrons. The van der Waals surface area contributed by atoms with Crippen LogP contribution in [-0.2, 0) is 6.54 Å². The number of rotatable bonds is 5. The summed E-state index contributed by atoms with van der Waals surface area (Å²) in [5.41, 5.74) is 7.97. The topological polar surface area (TPSA) is 41.3 Å². The lowest BCUT2D eigenvalue weighted by molar-refractivity contribution is 0.614. The fourth-order valence-corrected chi connectivity index (χ4v) is 2.60. The maximum Gasteiger partial charge on any atom is 0.148 e. The highest BCUT2D eigenvalue weighted by Crippen LogP contribution is 2.25. The lowest BCUT2D eigenvalue weighted by Gasteiger charge is -2.24. The van der Waals surface area contributed by atoms with Crippen molar-refractivity contribution >= 4 is 28.4 Å². The zero-order chi connectivity index (χ0) is 14.7. The first-order valence-corrected chi connectivity index (χ1v) is 7.45. The maximum absolute atomic E-state index is 14.1. The van der Waals surface area contributed by atoms with E-state index in [0.29, 0.717) is 12.2 Å². The second-order valence-electron chi connectivity index (χ2n) is 5.02. The SMILES string of the molecule is CC(C)N(C)c1ccc(NCc2sccc2N)cc1F. The highest BCUT2D eigenvalue weighted by Gasteiger charge is 2.11. The predicted molar refractivity (Wildman–Crippen MR) is 86.0 cm³/mol. The summed E-state index contributed by atoms with van der Waals surface area (Å²) in [7, 11) is 1.89. The van der Waals surface area contributed by atoms with Gasteiger partial charge in [0.25, 0.3) is 0 Å². The molecule has 0 amide bonds. The van der Waals surface area contributed by atoms with E-state index in [2.05, 4.69) is 5.32 Å². The molecule has 108 valence electrons. The van der Waals surface area contributed by atoms with Crippen LogP contribution in [0.1, 0.15) is 18.7 Å². The third kappa shape index (κ3) is 3.22. The lowest BCUT2D eigenvalue weighted by atomic mass is 10.2. The van der Waals surface area contributed by atoms with E-state index in [1.165, 1.54) is 6.07 Å². The third-order valence-electron chi connectivity index (χ3n) is 3.34. The molecule has 20 heavy (non-hydrogen) atoms. The number of anilines is 3. The van der Waals surface area contributed by atoms with Crippen molar-refractivity contribution in [2.75, 3.05) is 23.0 Å². The monoisotopic (exact) mass is 293 g/mol. The number of benzene rings is 1. The molecule has 0 aliphatic carbocycles. The van der Waals surface area contributed by atoms with Gasteiger partial charge in [-0.05, 0) is 43.5 Å². The zero-order valence-electron chi connectivity index (χ0n) is 12.0. The molecule has 3 N–H and O–H groups in total. The van der Waals surface area contributed by atoms with Gasteiger partial charge in [-0.25, -0.2) is 4.39 Å². The van der Waals surface area contributed by atoms with Crippen molar-refractivity contribution in [3.63, 3.8) is 0 Å². The van der Waals surface area contributed by atoms with Crippen LogP contribution in [-0.4, -0.2) is 13.1 Å². The number of thiophene rings is 1. The van der Waals surface area contributed by atoms with Crippen molar-refractivity contribution in [3.8, 4) is 0 Å². The summed E-state index contributed by atoms with van der Waals surface area (Å²) in [5.74, 6) is -0.217. The van der Waals surface area contributed by atoms with Crippen LogP contribution in [0, 0.1) is 5.82 Å². The van der Waals surface area contributed by atoms with E-state index < -0.39 is 0 Å². The standard InChI is InChI=1S/C15H20FN3S/c1-10(2)19(3)14-5-4-11(8-12(14)16)18-9-15-13(17)6-7-20-15/h4-8,10,18H,9,17H2,1-3H3. The van der Waals surface area contributed by atoms with Gasteiger partial charge in [0.15, 0.2) is 0 Å². The zero-order valence-corrected chi connectivity index (χ0v) is 12.8. The van der Waals surface area contributed by atoms with Crippen molar-refractivity contribution in [1.82, 2.24) is 0 Å². The van der Waals surface area contributed by atoms with Crippen LogP contribution in [0.25, 0.3) is 0 Å². The van der Waals surface area contributed by atoms with E-state index in [-0.39, 0.29) is 11.9 Å². The van der Waals surface area contributed by atoms with Gasteiger partial charge in [-0.3, -0.25) is 0 Å². The summed E-state index contributed by atoms with van der Waals surface area (Å²) in [5, 5.41) is 5.15. The normalized spacial score (nSPS) is 10.8. The second kappa shape index (κ2) is 6.13. The van der Waals surface area contributed by atoms with E-state index in [9.17, 15) is 4.39 Å². The van der Waals surface area contributed by atoms with Gasteiger partial charge in [-0.2, -0.15) is 0 Å². The molecule has 0 spiro atoms. The minimum atomic E-state index is -0.217. The first kappa shape index (κ1) is 14.7. The molecular formula is C15H20FN3S. The van der Waals surface area contributed by atoms with Gasteiger partial charge in [0.05, 0.1) is 12.2 Å². The second-order valence-corrected chi connectivity index (χ2v) is 6.02. The van der Waals surface area contributed by atoms with Gasteiger partial charge in [0.2, 0.25) is 0 Å². The summed E-state index contributed by atoms with van der Waals surface area (Å²) < 4.78 is 14.1. The third-order valence-corrected chi connectivity index (χ3v) is 4.27. The van der Waals surface area contributed by atoms with E-state index in [1.54, 1.807) is 17.4 Å². The molecule has 3 nitrogen and oxygen atoms in total. The summed E-state index contributed by atoms with van der Waals surface area (Å²) in [6, 6.07) is 7.35. The average molecular weight is 293 g/mol. The first-order chi connectivity index (χ1) is 9.49. The molecule has 0 unspecified atom stereocenters. The fourth-order valence-electron chi connectivity index (χ4n) is 1.86. The number of hydrogen-bond acceptors (Lipinski definition) is 4. The predicted octanol–water partition coefficient (Wildman–Crippen LogP) is 3.93. The van der Waals surface area contributed by atoms with E-state index >= 15 is 0 Å². The molecule has 1 aromatic heterocycles. The van der Waals surface area contributed by atoms with Gasteiger partial charge < -0.3 is 16.0 Å². The Balaban J connectivity index is 2.07. The van der Waals surface area contributed by atoms with Crippen LogP contribution in [0.4, 0.5) is 21.5 Å². The molecule has 0 aliphatic heterocycles. The van der Waals surface area contributed by atoms with Crippen LogP contribution in [0.5, 0.6) is 0 Å². The quantitative estimate of drug-likeness (QED) is 0.877. The number of nitrogens with zero attached hydrogens (tertiary/aromatic N) is 1. The molecule has 0 saturated carbocycles. The van der Waals surface area contributed by atoms with Crippen LogP contribution in [0.15, 0.2) is 29.6 Å². The minimum Gasteiger partial charge on any atom is -0.398 e. The molecule has 1 aromatic carbocycles. The number of nitrogens with two attached hydrogens (primary N) is 1. The van der Waals surface area contributed by atoms with Gasteiger partial charge in [0, 0.05) is 29.3 Å². The number of halogens is 1. The Morgan fingerprint density at radius 3 is 2.65 bits per heavy atom. The van der Waals surface area contributed by atoms with E-state index in [4.69, 9.17) is 5.73 Å². The summed E-state index contributed by atoms with van der Waals surface area (Å²) >= 11 is 1.60. The summed E-state index contributed by atoms with van der Waals surface area (Å²) in [4.78, 5) is 2.98.